The van der Waals surface area contributed by atoms with E-state index in [0.717, 1.165) is 22.8 Å². The largest absolute Gasteiger partial charge is 0.360 e. The number of hydrogen-bond acceptors (Lipinski definition) is 2. The second kappa shape index (κ2) is 3.43. The van der Waals surface area contributed by atoms with Crippen molar-refractivity contribution < 1.29 is 4.79 Å². The molecule has 0 aliphatic carbocycles. The second-order valence-corrected chi connectivity index (χ2v) is 5.38. The molecule has 86 valence electrons. The minimum Gasteiger partial charge on any atom is -0.360 e. The van der Waals surface area contributed by atoms with Crippen LogP contribution in [0.4, 0.5) is 0 Å². The van der Waals surface area contributed by atoms with Crippen LogP contribution in [0.1, 0.15) is 10.4 Å². The number of aldehydes is 1. The molecule has 0 amide bonds. The lowest BCUT2D eigenvalue weighted by Gasteiger charge is -1.94. The van der Waals surface area contributed by atoms with Crippen LogP contribution in [0.25, 0.3) is 31.1 Å². The Morgan fingerprint density at radius 3 is 2.83 bits per heavy atom. The van der Waals surface area contributed by atoms with Crippen LogP contribution in [0.2, 0.25) is 0 Å². The van der Waals surface area contributed by atoms with Crippen LogP contribution in [-0.2, 0) is 0 Å². The third kappa shape index (κ3) is 1.14. The molecule has 3 heteroatoms. The highest BCUT2D eigenvalue weighted by Gasteiger charge is 2.11. The molecule has 4 aromatic rings. The minimum atomic E-state index is 0.738. The summed E-state index contributed by atoms with van der Waals surface area (Å²) in [6.45, 7) is 0. The quantitative estimate of drug-likeness (QED) is 0.501. The van der Waals surface area contributed by atoms with E-state index >= 15 is 0 Å². The Morgan fingerprint density at radius 2 is 1.94 bits per heavy atom. The van der Waals surface area contributed by atoms with Gasteiger partial charge in [0.1, 0.15) is 0 Å². The molecule has 0 bridgehead atoms. The van der Waals surface area contributed by atoms with Gasteiger partial charge in [0.25, 0.3) is 0 Å². The Labute approximate surface area is 107 Å². The van der Waals surface area contributed by atoms with Gasteiger partial charge in [-0.15, -0.1) is 11.3 Å². The van der Waals surface area contributed by atoms with E-state index in [1.807, 2.05) is 12.1 Å². The molecule has 2 aromatic heterocycles. The predicted octanol–water partition coefficient (Wildman–Crippen LogP) is 4.35. The lowest BCUT2D eigenvalue weighted by Crippen LogP contribution is -1.75. The van der Waals surface area contributed by atoms with E-state index in [1.165, 1.54) is 20.2 Å². The van der Waals surface area contributed by atoms with Gasteiger partial charge in [-0.3, -0.25) is 4.79 Å². The fraction of sp³-hybridized carbons (Fsp3) is 0. The maximum Gasteiger partial charge on any atom is 0.152 e. The number of rotatable bonds is 1. The third-order valence-corrected chi connectivity index (χ3v) is 4.55. The van der Waals surface area contributed by atoms with Crippen molar-refractivity contribution in [3.63, 3.8) is 0 Å². The summed E-state index contributed by atoms with van der Waals surface area (Å²) in [6.07, 6.45) is 2.70. The average Bonchev–Trinajstić information content (AvgIpc) is 2.98. The zero-order valence-electron chi connectivity index (χ0n) is 9.44. The van der Waals surface area contributed by atoms with Crippen LogP contribution in [0.15, 0.2) is 42.6 Å². The second-order valence-electron chi connectivity index (χ2n) is 4.32. The molecule has 0 fully saturated rings. The predicted molar refractivity (Wildman–Crippen MR) is 76.6 cm³/mol. The number of aromatic amines is 1. The first-order chi connectivity index (χ1) is 8.88. The van der Waals surface area contributed by atoms with E-state index in [0.29, 0.717) is 0 Å². The zero-order valence-corrected chi connectivity index (χ0v) is 10.3. The van der Waals surface area contributed by atoms with Crippen LogP contribution in [0, 0.1) is 0 Å². The number of thiophene rings is 1. The van der Waals surface area contributed by atoms with Crippen LogP contribution in [0.5, 0.6) is 0 Å². The summed E-state index contributed by atoms with van der Waals surface area (Å²) in [4.78, 5) is 14.3. The van der Waals surface area contributed by atoms with Gasteiger partial charge < -0.3 is 4.98 Å². The number of aromatic nitrogens is 1. The van der Waals surface area contributed by atoms with Gasteiger partial charge >= 0.3 is 0 Å². The first-order valence-electron chi connectivity index (χ1n) is 5.75. The van der Waals surface area contributed by atoms with Crippen molar-refractivity contribution >= 4 is 48.7 Å². The molecule has 4 rings (SSSR count). The van der Waals surface area contributed by atoms with Gasteiger partial charge in [0.05, 0.1) is 0 Å². The SMILES string of the molecule is O=Cc1c[nH]c2ccc3c4ccccc4sc3c12. The number of fused-ring (bicyclic) bond motifs is 5. The topological polar surface area (TPSA) is 32.9 Å². The summed E-state index contributed by atoms with van der Waals surface area (Å²) < 4.78 is 2.45. The molecule has 1 N–H and O–H groups in total. The van der Waals surface area contributed by atoms with Crippen LogP contribution in [-0.4, -0.2) is 11.3 Å². The van der Waals surface area contributed by atoms with E-state index < -0.39 is 0 Å². The molecular formula is C15H9NOS. The molecule has 0 unspecified atom stereocenters. The fourth-order valence-corrected chi connectivity index (χ4v) is 3.79. The average molecular weight is 251 g/mol. The minimum absolute atomic E-state index is 0.738. The number of carbonyl (C=O) groups is 1. The van der Waals surface area contributed by atoms with Crippen molar-refractivity contribution in [3.8, 4) is 0 Å². The zero-order chi connectivity index (χ0) is 12.1. The molecular weight excluding hydrogens is 242 g/mol. The standard InChI is InChI=1S/C15H9NOS/c17-8-9-7-16-12-6-5-11-10-3-1-2-4-13(10)18-15(11)14(9)12/h1-8,16H. The highest BCUT2D eigenvalue weighted by atomic mass is 32.1. The highest BCUT2D eigenvalue weighted by Crippen LogP contribution is 2.38. The molecule has 0 saturated carbocycles. The van der Waals surface area contributed by atoms with Gasteiger partial charge in [-0.2, -0.15) is 0 Å². The summed E-state index contributed by atoms with van der Waals surface area (Å²) in [6, 6.07) is 12.5. The van der Waals surface area contributed by atoms with Gasteiger partial charge in [0.15, 0.2) is 6.29 Å². The molecule has 0 radical (unpaired) electrons. The maximum atomic E-state index is 11.1. The summed E-state index contributed by atoms with van der Waals surface area (Å²) in [5, 5.41) is 3.53. The van der Waals surface area contributed by atoms with E-state index in [1.54, 1.807) is 17.5 Å². The van der Waals surface area contributed by atoms with Gasteiger partial charge in [0.2, 0.25) is 0 Å². The summed E-state index contributed by atoms with van der Waals surface area (Å²) in [5.41, 5.74) is 1.76. The molecule has 0 spiro atoms. The molecule has 0 saturated heterocycles. The summed E-state index contributed by atoms with van der Waals surface area (Å²) in [7, 11) is 0. The first-order valence-corrected chi connectivity index (χ1v) is 6.56. The Balaban J connectivity index is 2.34. The lowest BCUT2D eigenvalue weighted by molar-refractivity contribution is 0.112. The summed E-state index contributed by atoms with van der Waals surface area (Å²) >= 11 is 1.75. The number of benzene rings is 2. The summed E-state index contributed by atoms with van der Waals surface area (Å²) in [5.74, 6) is 0. The van der Waals surface area contributed by atoms with Gasteiger partial charge in [0, 0.05) is 42.8 Å². The molecule has 18 heavy (non-hydrogen) atoms. The Kier molecular flexibility index (Phi) is 1.88. The van der Waals surface area contributed by atoms with E-state index in [2.05, 4.69) is 29.2 Å². The van der Waals surface area contributed by atoms with Crippen LogP contribution in [0.3, 0.4) is 0 Å². The molecule has 0 aliphatic rings. The van der Waals surface area contributed by atoms with Crippen molar-refractivity contribution in [1.29, 1.82) is 0 Å². The third-order valence-electron chi connectivity index (χ3n) is 3.35. The monoisotopic (exact) mass is 251 g/mol. The van der Waals surface area contributed by atoms with Crippen molar-refractivity contribution in [2.24, 2.45) is 0 Å². The number of carbonyl (C=O) groups excluding carboxylic acids is 1. The van der Waals surface area contributed by atoms with Crippen molar-refractivity contribution in [3.05, 3.63) is 48.2 Å². The lowest BCUT2D eigenvalue weighted by atomic mass is 10.1. The van der Waals surface area contributed by atoms with Crippen molar-refractivity contribution in [1.82, 2.24) is 4.98 Å². The van der Waals surface area contributed by atoms with E-state index in [4.69, 9.17) is 0 Å². The highest BCUT2D eigenvalue weighted by molar-refractivity contribution is 7.26. The van der Waals surface area contributed by atoms with Crippen LogP contribution < -0.4 is 0 Å². The first kappa shape index (κ1) is 9.85. The normalized spacial score (nSPS) is 11.6. The van der Waals surface area contributed by atoms with Gasteiger partial charge in [-0.25, -0.2) is 0 Å². The Hall–Kier alpha value is -2.13. The van der Waals surface area contributed by atoms with Crippen molar-refractivity contribution in [2.45, 2.75) is 0 Å². The molecule has 2 nitrogen and oxygen atoms in total. The smallest absolute Gasteiger partial charge is 0.152 e. The maximum absolute atomic E-state index is 11.1. The Morgan fingerprint density at radius 1 is 1.06 bits per heavy atom. The molecule has 2 aromatic carbocycles. The molecule has 2 heterocycles. The van der Waals surface area contributed by atoms with E-state index in [9.17, 15) is 4.79 Å². The molecule has 0 atom stereocenters. The molecule has 0 aliphatic heterocycles. The van der Waals surface area contributed by atoms with Gasteiger partial charge in [-0.05, 0) is 12.1 Å². The fourth-order valence-electron chi connectivity index (χ4n) is 2.52. The number of nitrogens with one attached hydrogen (secondary N) is 1. The van der Waals surface area contributed by atoms with Gasteiger partial charge in [-0.1, -0.05) is 24.3 Å². The van der Waals surface area contributed by atoms with Crippen LogP contribution >= 0.6 is 11.3 Å². The Bertz CT molecular complexity index is 901. The van der Waals surface area contributed by atoms with E-state index in [-0.39, 0.29) is 0 Å². The van der Waals surface area contributed by atoms with Crippen molar-refractivity contribution in [2.75, 3.05) is 0 Å². The number of hydrogen-bond donors (Lipinski definition) is 1. The number of H-pyrrole nitrogens is 1.